The molecule has 2 saturated heterocycles. The van der Waals surface area contributed by atoms with Crippen molar-refractivity contribution in [2.45, 2.75) is 50.9 Å². The van der Waals surface area contributed by atoms with Crippen LogP contribution in [0.15, 0.2) is 0 Å². The number of hydrogen-bond donors (Lipinski definition) is 1. The van der Waals surface area contributed by atoms with Gasteiger partial charge >= 0.3 is 0 Å². The minimum atomic E-state index is 0.418. The standard InChI is InChI=1S/C11H19NO/c1-2-6-10-8(4-1)9-5-3-7-12-11(9)13-10/h8-12H,1-7H2. The highest BCUT2D eigenvalue weighted by atomic mass is 16.5. The molecule has 2 heteroatoms. The predicted molar refractivity (Wildman–Crippen MR) is 51.3 cm³/mol. The number of fused-ring (bicyclic) bond motifs is 3. The van der Waals surface area contributed by atoms with Crippen molar-refractivity contribution in [1.29, 1.82) is 0 Å². The molecule has 0 radical (unpaired) electrons. The van der Waals surface area contributed by atoms with E-state index in [0.717, 1.165) is 11.8 Å². The van der Waals surface area contributed by atoms with Gasteiger partial charge in [0.1, 0.15) is 6.23 Å². The van der Waals surface area contributed by atoms with Crippen LogP contribution in [0.2, 0.25) is 0 Å². The zero-order valence-electron chi connectivity index (χ0n) is 8.17. The highest BCUT2D eigenvalue weighted by molar-refractivity contribution is 4.93. The lowest BCUT2D eigenvalue weighted by molar-refractivity contribution is -0.00644. The van der Waals surface area contributed by atoms with Crippen LogP contribution >= 0.6 is 0 Å². The van der Waals surface area contributed by atoms with Crippen molar-refractivity contribution in [3.05, 3.63) is 0 Å². The van der Waals surface area contributed by atoms with Crippen LogP contribution in [-0.2, 0) is 4.74 Å². The molecule has 74 valence electrons. The fraction of sp³-hybridized carbons (Fsp3) is 1.00. The maximum absolute atomic E-state index is 6.06. The van der Waals surface area contributed by atoms with Crippen LogP contribution < -0.4 is 5.32 Å². The molecule has 0 amide bonds. The second-order valence-corrected chi connectivity index (χ2v) is 4.80. The van der Waals surface area contributed by atoms with Gasteiger partial charge in [0, 0.05) is 5.92 Å². The van der Waals surface area contributed by atoms with E-state index in [1.807, 2.05) is 0 Å². The molecule has 1 saturated carbocycles. The fourth-order valence-corrected chi connectivity index (χ4v) is 3.45. The third kappa shape index (κ3) is 1.31. The van der Waals surface area contributed by atoms with E-state index in [2.05, 4.69) is 5.32 Å². The van der Waals surface area contributed by atoms with Crippen LogP contribution in [0.3, 0.4) is 0 Å². The summed E-state index contributed by atoms with van der Waals surface area (Å²) in [5.41, 5.74) is 0. The van der Waals surface area contributed by atoms with Crippen LogP contribution in [0.5, 0.6) is 0 Å². The van der Waals surface area contributed by atoms with Crippen LogP contribution in [0.4, 0.5) is 0 Å². The molecular formula is C11H19NO. The smallest absolute Gasteiger partial charge is 0.111 e. The number of hydrogen-bond acceptors (Lipinski definition) is 2. The van der Waals surface area contributed by atoms with Crippen LogP contribution in [-0.4, -0.2) is 18.9 Å². The zero-order valence-corrected chi connectivity index (χ0v) is 8.17. The Morgan fingerprint density at radius 1 is 0.923 bits per heavy atom. The third-order valence-electron chi connectivity index (χ3n) is 4.07. The largest absolute Gasteiger partial charge is 0.360 e. The van der Waals surface area contributed by atoms with Crippen molar-refractivity contribution in [3.63, 3.8) is 0 Å². The van der Waals surface area contributed by atoms with Gasteiger partial charge in [-0.15, -0.1) is 0 Å². The number of nitrogens with one attached hydrogen (secondary N) is 1. The van der Waals surface area contributed by atoms with Gasteiger partial charge in [-0.2, -0.15) is 0 Å². The van der Waals surface area contributed by atoms with Gasteiger partial charge in [0.15, 0.2) is 0 Å². The van der Waals surface area contributed by atoms with E-state index in [0.29, 0.717) is 12.3 Å². The summed E-state index contributed by atoms with van der Waals surface area (Å²) in [6.45, 7) is 1.17. The second kappa shape index (κ2) is 3.25. The van der Waals surface area contributed by atoms with Gasteiger partial charge < -0.3 is 4.74 Å². The van der Waals surface area contributed by atoms with Crippen molar-refractivity contribution in [2.24, 2.45) is 11.8 Å². The summed E-state index contributed by atoms with van der Waals surface area (Å²) < 4.78 is 6.06. The maximum atomic E-state index is 6.06. The topological polar surface area (TPSA) is 21.3 Å². The SMILES string of the molecule is C1CCC2C(C1)OC1NCCCC12. The van der Waals surface area contributed by atoms with Crippen molar-refractivity contribution in [3.8, 4) is 0 Å². The first kappa shape index (κ1) is 8.25. The second-order valence-electron chi connectivity index (χ2n) is 4.80. The summed E-state index contributed by atoms with van der Waals surface area (Å²) in [5, 5.41) is 3.52. The lowest BCUT2D eigenvalue weighted by Gasteiger charge is -2.29. The molecule has 0 spiro atoms. The van der Waals surface area contributed by atoms with Gasteiger partial charge in [0.25, 0.3) is 0 Å². The summed E-state index contributed by atoms with van der Waals surface area (Å²) in [7, 11) is 0. The van der Waals surface area contributed by atoms with Gasteiger partial charge in [-0.25, -0.2) is 0 Å². The predicted octanol–water partition coefficient (Wildman–Crippen LogP) is 1.90. The molecule has 3 fully saturated rings. The van der Waals surface area contributed by atoms with E-state index in [4.69, 9.17) is 4.74 Å². The summed E-state index contributed by atoms with van der Waals surface area (Å²) >= 11 is 0. The average molecular weight is 181 g/mol. The first-order valence-electron chi connectivity index (χ1n) is 5.84. The fourth-order valence-electron chi connectivity index (χ4n) is 3.45. The first-order valence-corrected chi connectivity index (χ1v) is 5.84. The molecule has 2 aliphatic heterocycles. The summed E-state index contributed by atoms with van der Waals surface area (Å²) in [4.78, 5) is 0. The Bertz CT molecular complexity index is 175. The Labute approximate surface area is 80.0 Å². The minimum Gasteiger partial charge on any atom is -0.360 e. The van der Waals surface area contributed by atoms with E-state index < -0.39 is 0 Å². The first-order chi connectivity index (χ1) is 6.45. The van der Waals surface area contributed by atoms with Crippen molar-refractivity contribution in [2.75, 3.05) is 6.54 Å². The number of rotatable bonds is 0. The molecule has 2 nitrogen and oxygen atoms in total. The molecule has 4 atom stereocenters. The minimum absolute atomic E-state index is 0.418. The van der Waals surface area contributed by atoms with Crippen molar-refractivity contribution in [1.82, 2.24) is 5.32 Å². The molecule has 3 rings (SSSR count). The third-order valence-corrected chi connectivity index (χ3v) is 4.07. The van der Waals surface area contributed by atoms with E-state index >= 15 is 0 Å². The molecule has 0 aromatic carbocycles. The van der Waals surface area contributed by atoms with E-state index in [1.165, 1.54) is 45.1 Å². The monoisotopic (exact) mass is 181 g/mol. The zero-order chi connectivity index (χ0) is 8.67. The maximum Gasteiger partial charge on any atom is 0.111 e. The average Bonchev–Trinajstić information content (AvgIpc) is 2.56. The van der Waals surface area contributed by atoms with Crippen molar-refractivity contribution >= 4 is 0 Å². The lowest BCUT2D eigenvalue weighted by Crippen LogP contribution is -2.40. The molecule has 4 unspecified atom stereocenters. The molecule has 3 aliphatic rings. The van der Waals surface area contributed by atoms with Crippen LogP contribution in [0, 0.1) is 11.8 Å². The molecule has 13 heavy (non-hydrogen) atoms. The normalized spacial score (nSPS) is 49.8. The molecule has 0 aromatic rings. The molecule has 0 aromatic heterocycles. The quantitative estimate of drug-likeness (QED) is 0.616. The van der Waals surface area contributed by atoms with Gasteiger partial charge in [-0.1, -0.05) is 12.8 Å². The Hall–Kier alpha value is -0.0800. The number of ether oxygens (including phenoxy) is 1. The van der Waals surface area contributed by atoms with Gasteiger partial charge in [0.2, 0.25) is 0 Å². The Morgan fingerprint density at radius 3 is 2.77 bits per heavy atom. The lowest BCUT2D eigenvalue weighted by atomic mass is 9.77. The van der Waals surface area contributed by atoms with Crippen molar-refractivity contribution < 1.29 is 4.74 Å². The Balaban J connectivity index is 1.76. The van der Waals surface area contributed by atoms with Gasteiger partial charge in [-0.3, -0.25) is 5.32 Å². The molecule has 2 heterocycles. The molecule has 1 aliphatic carbocycles. The van der Waals surface area contributed by atoms with Gasteiger partial charge in [-0.05, 0) is 38.1 Å². The van der Waals surface area contributed by atoms with Crippen LogP contribution in [0.1, 0.15) is 38.5 Å². The molecular weight excluding hydrogens is 162 g/mol. The summed E-state index contributed by atoms with van der Waals surface area (Å²) in [6, 6.07) is 0. The summed E-state index contributed by atoms with van der Waals surface area (Å²) in [6.07, 6.45) is 9.35. The van der Waals surface area contributed by atoms with E-state index in [9.17, 15) is 0 Å². The summed E-state index contributed by atoms with van der Waals surface area (Å²) in [5.74, 6) is 1.74. The number of piperidine rings is 1. The highest BCUT2D eigenvalue weighted by Crippen LogP contribution is 2.43. The Kier molecular flexibility index (Phi) is 2.06. The van der Waals surface area contributed by atoms with Gasteiger partial charge in [0.05, 0.1) is 6.10 Å². The molecule has 0 bridgehead atoms. The molecule has 1 N–H and O–H groups in total. The highest BCUT2D eigenvalue weighted by Gasteiger charge is 2.45. The van der Waals surface area contributed by atoms with Crippen LogP contribution in [0.25, 0.3) is 0 Å². The van der Waals surface area contributed by atoms with E-state index in [-0.39, 0.29) is 0 Å². The van der Waals surface area contributed by atoms with E-state index in [1.54, 1.807) is 0 Å². The Morgan fingerprint density at radius 2 is 1.77 bits per heavy atom.